The Morgan fingerprint density at radius 2 is 0.630 bits per heavy atom. The number of phenols is 2. The van der Waals surface area contributed by atoms with Gasteiger partial charge in [0.25, 0.3) is 0 Å². The molecule has 5 heteroatoms. The van der Waals surface area contributed by atoms with Crippen LogP contribution in [0.5, 0.6) is 11.5 Å². The van der Waals surface area contributed by atoms with Crippen molar-refractivity contribution in [2.24, 2.45) is 0 Å². The van der Waals surface area contributed by atoms with Crippen molar-refractivity contribution in [3.05, 3.63) is 273 Å². The first-order valence-corrected chi connectivity index (χ1v) is 33.3. The van der Waals surface area contributed by atoms with Gasteiger partial charge in [0.2, 0.25) is 0 Å². The summed E-state index contributed by atoms with van der Waals surface area (Å²) < 4.78 is 0. The first kappa shape index (κ1) is 51.3. The molecule has 4 atom stereocenters. The van der Waals surface area contributed by atoms with Gasteiger partial charge in [0.15, 0.2) is 0 Å². The summed E-state index contributed by atoms with van der Waals surface area (Å²) in [7, 11) is 0.248. The van der Waals surface area contributed by atoms with Gasteiger partial charge in [-0.05, 0) is 0 Å². The molecule has 0 radical (unpaired) electrons. The second-order valence-corrected chi connectivity index (χ2v) is 34.0. The first-order valence-electron chi connectivity index (χ1n) is 26.5. The molecule has 1 saturated carbocycles. The number of phenolic OH excluding ortho intramolecular Hbond substituents is 2. The summed E-state index contributed by atoms with van der Waals surface area (Å²) >= 11 is -0.530. The topological polar surface area (TPSA) is 40.5 Å². The number of fused-ring (bicyclic) bond motifs is 1. The van der Waals surface area contributed by atoms with Gasteiger partial charge < -0.3 is 0 Å². The van der Waals surface area contributed by atoms with E-state index in [1.165, 1.54) is 49.7 Å². The third-order valence-corrected chi connectivity index (χ3v) is 31.8. The van der Waals surface area contributed by atoms with Crippen molar-refractivity contribution in [1.82, 2.24) is 0 Å². The van der Waals surface area contributed by atoms with Crippen LogP contribution in [0.15, 0.2) is 206 Å². The zero-order valence-corrected chi connectivity index (χ0v) is 46.8. The monoisotopic (exact) mass is 1030 g/mol. The molecule has 0 aromatic heterocycles. The van der Waals surface area contributed by atoms with Crippen LogP contribution in [-0.4, -0.2) is 20.7 Å². The summed E-state index contributed by atoms with van der Waals surface area (Å²) in [6, 6.07) is 74.7. The molecule has 2 N–H and O–H groups in total. The van der Waals surface area contributed by atoms with Crippen molar-refractivity contribution < 1.29 is 25.7 Å². The van der Waals surface area contributed by atoms with Gasteiger partial charge in [0, 0.05) is 0 Å². The van der Waals surface area contributed by atoms with Crippen molar-refractivity contribution in [2.45, 2.75) is 124 Å². The molecule has 4 unspecified atom stereocenters. The summed E-state index contributed by atoms with van der Waals surface area (Å²) in [6.45, 7) is 13.9. The molecule has 372 valence electrons. The maximum atomic E-state index is 13.4. The van der Waals surface area contributed by atoms with Gasteiger partial charge in [-0.1, -0.05) is 0 Å². The molecule has 10 rings (SSSR count). The first-order chi connectivity index (χ1) is 35.3. The van der Waals surface area contributed by atoms with Gasteiger partial charge in [0.05, 0.1) is 0 Å². The average Bonchev–Trinajstić information content (AvgIpc) is 3.70. The van der Waals surface area contributed by atoms with Gasteiger partial charge in [-0.2, -0.15) is 0 Å². The third-order valence-electron chi connectivity index (χ3n) is 15.9. The molecule has 1 heterocycles. The third kappa shape index (κ3) is 9.95. The van der Waals surface area contributed by atoms with Crippen LogP contribution in [0.2, 0.25) is 0 Å². The number of hydrogen-bond acceptors (Lipinski definition) is 2. The number of hydrogen-bond donors (Lipinski definition) is 2. The molecule has 2 aliphatic rings. The molecule has 8 aromatic carbocycles. The van der Waals surface area contributed by atoms with Crippen LogP contribution in [0.4, 0.5) is 0 Å². The number of aromatic hydroxyl groups is 2. The molecule has 73 heavy (non-hydrogen) atoms. The van der Waals surface area contributed by atoms with E-state index in [1.807, 2.05) is 0 Å². The minimum absolute atomic E-state index is 0.124. The van der Waals surface area contributed by atoms with E-state index in [0.717, 1.165) is 67.1 Å². The zero-order valence-electron chi connectivity index (χ0n) is 43.7. The van der Waals surface area contributed by atoms with Crippen molar-refractivity contribution in [1.29, 1.82) is 0 Å². The van der Waals surface area contributed by atoms with E-state index in [1.54, 1.807) is 0 Å². The fraction of sp³-hybridized carbons (Fsp3) is 0.294. The van der Waals surface area contributed by atoms with Crippen molar-refractivity contribution >= 4 is 15.9 Å². The fourth-order valence-corrected chi connectivity index (χ4v) is 32.9. The Labute approximate surface area is 446 Å². The molecule has 1 aliphatic carbocycles. The average molecular weight is 1030 g/mol. The van der Waals surface area contributed by atoms with Crippen LogP contribution >= 0.6 is 15.9 Å². The molecule has 1 aliphatic heterocycles. The summed E-state index contributed by atoms with van der Waals surface area (Å²) in [6.07, 6.45) is 7.66. The summed E-state index contributed by atoms with van der Waals surface area (Å²) in [5, 5.41) is 28.0. The fourth-order valence-electron chi connectivity index (χ4n) is 12.0. The molecule has 8 aromatic rings. The van der Waals surface area contributed by atoms with Gasteiger partial charge in [-0.25, -0.2) is 0 Å². The van der Waals surface area contributed by atoms with Crippen LogP contribution in [0.1, 0.15) is 147 Å². The molecule has 0 saturated heterocycles. The Bertz CT molecular complexity index is 2830. The van der Waals surface area contributed by atoms with E-state index in [0.29, 0.717) is 22.0 Å². The Morgan fingerprint density at radius 1 is 0.370 bits per heavy atom. The molecule has 2 nitrogen and oxygen atoms in total. The zero-order chi connectivity index (χ0) is 50.8. The van der Waals surface area contributed by atoms with Gasteiger partial charge in [0.1, 0.15) is 0 Å². The van der Waals surface area contributed by atoms with Gasteiger partial charge in [-0.3, -0.25) is 0 Å². The molecular formula is C68H72O2S2Ti. The minimum atomic E-state index is -0.756. The normalized spacial score (nSPS) is 18.4. The van der Waals surface area contributed by atoms with Crippen LogP contribution in [0.3, 0.4) is 0 Å². The van der Waals surface area contributed by atoms with E-state index in [4.69, 9.17) is 0 Å². The summed E-state index contributed by atoms with van der Waals surface area (Å²) in [5.74, 6) is 2.69. The predicted octanol–water partition coefficient (Wildman–Crippen LogP) is 17.7. The Morgan fingerprint density at radius 3 is 0.877 bits per heavy atom. The predicted molar refractivity (Wildman–Crippen MR) is 308 cm³/mol. The van der Waals surface area contributed by atoms with E-state index in [-0.39, 0.29) is 26.8 Å². The second-order valence-electron chi connectivity index (χ2n) is 22.6. The number of benzene rings is 8. The molecular weight excluding hydrogens is 961 g/mol. The quantitative estimate of drug-likeness (QED) is 0.0946. The maximum absolute atomic E-state index is 13.4. The molecule has 0 spiro atoms. The van der Waals surface area contributed by atoms with Crippen LogP contribution in [0.25, 0.3) is 0 Å². The Kier molecular flexibility index (Phi) is 15.1. The Hall–Kier alpha value is -5.23. The van der Waals surface area contributed by atoms with Gasteiger partial charge in [-0.15, -0.1) is 0 Å². The van der Waals surface area contributed by atoms with E-state index in [9.17, 15) is 10.2 Å². The van der Waals surface area contributed by atoms with Crippen LogP contribution < -0.4 is 0 Å². The molecule has 0 bridgehead atoms. The summed E-state index contributed by atoms with van der Waals surface area (Å²) in [4.78, 5) is 0. The van der Waals surface area contributed by atoms with E-state index in [2.05, 4.69) is 248 Å². The Balaban J connectivity index is 1.19. The molecule has 1 fully saturated rings. The van der Waals surface area contributed by atoms with Crippen molar-refractivity contribution in [3.8, 4) is 11.5 Å². The van der Waals surface area contributed by atoms with Crippen molar-refractivity contribution in [2.75, 3.05) is 0 Å². The van der Waals surface area contributed by atoms with E-state index >= 15 is 0 Å². The second kappa shape index (κ2) is 21.6. The van der Waals surface area contributed by atoms with Gasteiger partial charge >= 0.3 is 450 Å². The molecule has 0 amide bonds. The SMILES string of the molecule is CC(C)(C)c1cc(C[S]2=[Ti]=[S](Cc3cc(C(C)(C)C)cc(C(c4ccccc4)(c4ccccc4)c4ccccc4)c3O)C3CCCCCCC32)c(O)c(C(c2ccccc2)(c2ccccc2)c2ccccc2)c1. The standard InChI is InChI=1S/C68H72O2S2.Ti/c1-65(2,3)57-43-49(63(69)59(45-57)67(51-29-15-9-16-30-51,52-31-17-10-18-32-52)53-33-19-11-20-34-53)47-71-61-41-27-7-8-28-42-62(61)72-48-50-44-58(66(4,5)6)46-60(64(50)70)68(54-35-21-12-22-36-54,55-37-23-13-24-38-55)56-39-25-14-26-40-56;/h9-26,29-40,43-46,61-62,69-70H,7-8,27-28,41-42,47-48H2,1-6H3;. The van der Waals surface area contributed by atoms with Crippen LogP contribution in [0, 0.1) is 0 Å². The van der Waals surface area contributed by atoms with E-state index < -0.39 is 26.3 Å². The van der Waals surface area contributed by atoms with Crippen LogP contribution in [-0.2, 0) is 48.6 Å². The summed E-state index contributed by atoms with van der Waals surface area (Å²) in [5.41, 5.74) is 11.7. The van der Waals surface area contributed by atoms with Crippen molar-refractivity contribution in [3.63, 3.8) is 0 Å². The number of rotatable bonds is 12.